The van der Waals surface area contributed by atoms with Crippen molar-refractivity contribution in [2.75, 3.05) is 13.1 Å². The molecule has 1 saturated heterocycles. The Hall–Kier alpha value is -1.40. The van der Waals surface area contributed by atoms with Crippen LogP contribution < -0.4 is 0 Å². The molecule has 0 unspecified atom stereocenters. The average Bonchev–Trinajstić information content (AvgIpc) is 3.00. The zero-order chi connectivity index (χ0) is 15.1. The predicted molar refractivity (Wildman–Crippen MR) is 83.8 cm³/mol. The van der Waals surface area contributed by atoms with Crippen LogP contribution in [0.15, 0.2) is 6.07 Å². The van der Waals surface area contributed by atoms with E-state index in [1.807, 2.05) is 22.7 Å². The number of nitrogens with zero attached hydrogens (tertiary/aromatic N) is 3. The smallest absolute Gasteiger partial charge is 0.264 e. The van der Waals surface area contributed by atoms with Crippen molar-refractivity contribution in [1.29, 1.82) is 0 Å². The molecule has 0 saturated carbocycles. The topological polar surface area (TPSA) is 58.4 Å². The van der Waals surface area contributed by atoms with E-state index in [4.69, 9.17) is 0 Å². The first-order valence-electron chi connectivity index (χ1n) is 7.41. The Morgan fingerprint density at radius 1 is 1.43 bits per heavy atom. The first kappa shape index (κ1) is 14.5. The Balaban J connectivity index is 1.90. The van der Waals surface area contributed by atoms with Gasteiger partial charge in [-0.25, -0.2) is 0 Å². The van der Waals surface area contributed by atoms with Gasteiger partial charge in [-0.2, -0.15) is 5.10 Å². The molecule has 3 rings (SSSR count). The van der Waals surface area contributed by atoms with E-state index in [0.717, 1.165) is 20.8 Å². The second kappa shape index (κ2) is 5.42. The molecule has 0 bridgehead atoms. The molecule has 1 fully saturated rings. The van der Waals surface area contributed by atoms with E-state index < -0.39 is 0 Å². The fourth-order valence-electron chi connectivity index (χ4n) is 2.82. The summed E-state index contributed by atoms with van der Waals surface area (Å²) in [7, 11) is 1.93. The number of carbonyl (C=O) groups excluding carboxylic acids is 1. The van der Waals surface area contributed by atoms with Crippen molar-refractivity contribution in [2.45, 2.75) is 38.7 Å². The van der Waals surface area contributed by atoms with Crippen LogP contribution in [0.1, 0.15) is 48.0 Å². The van der Waals surface area contributed by atoms with Crippen molar-refractivity contribution >= 4 is 27.5 Å². The Bertz CT molecular complexity index is 666. The maximum atomic E-state index is 12.6. The quantitative estimate of drug-likeness (QED) is 0.926. The van der Waals surface area contributed by atoms with Crippen LogP contribution in [0, 0.1) is 0 Å². The van der Waals surface area contributed by atoms with Crippen molar-refractivity contribution in [3.8, 4) is 0 Å². The summed E-state index contributed by atoms with van der Waals surface area (Å²) in [6, 6.07) is 1.98. The summed E-state index contributed by atoms with van der Waals surface area (Å²) in [5, 5.41) is 15.2. The molecule has 5 nitrogen and oxygen atoms in total. The lowest BCUT2D eigenvalue weighted by atomic mass is 10.1. The fraction of sp³-hybridized carbons (Fsp3) is 0.600. The lowest BCUT2D eigenvalue weighted by molar-refractivity contribution is 0.0551. The predicted octanol–water partition coefficient (Wildman–Crippen LogP) is 2.36. The summed E-state index contributed by atoms with van der Waals surface area (Å²) >= 11 is 1.51. The summed E-state index contributed by atoms with van der Waals surface area (Å²) < 4.78 is 1.87. The van der Waals surface area contributed by atoms with E-state index >= 15 is 0 Å². The van der Waals surface area contributed by atoms with Gasteiger partial charge in [-0.15, -0.1) is 11.3 Å². The van der Waals surface area contributed by atoms with E-state index in [2.05, 4.69) is 18.9 Å². The van der Waals surface area contributed by atoms with Crippen molar-refractivity contribution < 1.29 is 9.90 Å². The highest BCUT2D eigenvalue weighted by molar-refractivity contribution is 7.20. The third-order valence-electron chi connectivity index (χ3n) is 4.05. The van der Waals surface area contributed by atoms with Crippen LogP contribution in [0.3, 0.4) is 0 Å². The molecule has 21 heavy (non-hydrogen) atoms. The average molecular weight is 307 g/mol. The van der Waals surface area contributed by atoms with Gasteiger partial charge in [0.15, 0.2) is 0 Å². The number of aromatic nitrogens is 2. The van der Waals surface area contributed by atoms with Crippen LogP contribution in [0.5, 0.6) is 0 Å². The molecule has 1 amide bonds. The molecule has 2 aromatic heterocycles. The zero-order valence-electron chi connectivity index (χ0n) is 12.7. The Labute approximate surface area is 128 Å². The van der Waals surface area contributed by atoms with E-state index in [0.29, 0.717) is 31.8 Å². The van der Waals surface area contributed by atoms with E-state index in [-0.39, 0.29) is 12.0 Å². The van der Waals surface area contributed by atoms with Gasteiger partial charge in [0.25, 0.3) is 5.91 Å². The number of amides is 1. The number of aryl methyl sites for hydroxylation is 1. The molecule has 114 valence electrons. The summed E-state index contributed by atoms with van der Waals surface area (Å²) in [6.07, 6.45) is 1.10. The molecular weight excluding hydrogens is 286 g/mol. The van der Waals surface area contributed by atoms with E-state index in [1.165, 1.54) is 11.3 Å². The van der Waals surface area contributed by atoms with Crippen molar-refractivity contribution in [3.63, 3.8) is 0 Å². The van der Waals surface area contributed by atoms with Gasteiger partial charge >= 0.3 is 0 Å². The molecule has 3 heterocycles. The number of aliphatic hydroxyl groups is 1. The standard InChI is InChI=1S/C15H21N3O2S/c1-9(2)13-11-8-12(21-15(11)17(3)16-13)14(20)18-6-4-10(19)5-7-18/h8-10,19H,4-7H2,1-3H3. The highest BCUT2D eigenvalue weighted by Gasteiger charge is 2.25. The van der Waals surface area contributed by atoms with Crippen LogP contribution in [-0.4, -0.2) is 44.9 Å². The number of aliphatic hydroxyl groups excluding tert-OH is 1. The summed E-state index contributed by atoms with van der Waals surface area (Å²) in [4.78, 5) is 16.3. The van der Waals surface area contributed by atoms with E-state index in [1.54, 1.807) is 0 Å². The molecule has 0 aliphatic carbocycles. The Kier molecular flexibility index (Phi) is 3.75. The molecule has 0 radical (unpaired) electrons. The number of carbonyl (C=O) groups is 1. The number of thiophene rings is 1. The fourth-order valence-corrected chi connectivity index (χ4v) is 3.87. The Morgan fingerprint density at radius 3 is 2.71 bits per heavy atom. The van der Waals surface area contributed by atoms with Gasteiger partial charge in [-0.05, 0) is 24.8 Å². The van der Waals surface area contributed by atoms with Gasteiger partial charge in [0.05, 0.1) is 16.7 Å². The molecule has 0 aromatic carbocycles. The monoisotopic (exact) mass is 307 g/mol. The number of hydrogen-bond acceptors (Lipinski definition) is 4. The number of rotatable bonds is 2. The lowest BCUT2D eigenvalue weighted by Gasteiger charge is -2.29. The number of hydrogen-bond donors (Lipinski definition) is 1. The highest BCUT2D eigenvalue weighted by atomic mass is 32.1. The van der Waals surface area contributed by atoms with Crippen molar-refractivity contribution in [2.24, 2.45) is 7.05 Å². The maximum Gasteiger partial charge on any atom is 0.264 e. The molecule has 0 atom stereocenters. The van der Waals surface area contributed by atoms with Crippen LogP contribution in [-0.2, 0) is 7.05 Å². The van der Waals surface area contributed by atoms with Crippen LogP contribution in [0.2, 0.25) is 0 Å². The normalized spacial score (nSPS) is 17.1. The molecular formula is C15H21N3O2S. The van der Waals surface area contributed by atoms with Crippen molar-refractivity contribution in [3.05, 3.63) is 16.6 Å². The first-order valence-corrected chi connectivity index (χ1v) is 8.22. The maximum absolute atomic E-state index is 12.6. The first-order chi connectivity index (χ1) is 9.97. The SMILES string of the molecule is CC(C)c1nn(C)c2sc(C(=O)N3CCC(O)CC3)cc12. The summed E-state index contributed by atoms with van der Waals surface area (Å²) in [6.45, 7) is 5.52. The van der Waals surface area contributed by atoms with Gasteiger partial charge in [-0.1, -0.05) is 13.8 Å². The summed E-state index contributed by atoms with van der Waals surface area (Å²) in [5.74, 6) is 0.425. The molecule has 6 heteroatoms. The highest BCUT2D eigenvalue weighted by Crippen LogP contribution is 2.32. The Morgan fingerprint density at radius 2 is 2.10 bits per heavy atom. The van der Waals surface area contributed by atoms with Crippen LogP contribution >= 0.6 is 11.3 Å². The second-order valence-electron chi connectivity index (χ2n) is 6.02. The molecule has 0 spiro atoms. The lowest BCUT2D eigenvalue weighted by Crippen LogP contribution is -2.39. The molecule has 1 aliphatic heterocycles. The van der Waals surface area contributed by atoms with Crippen LogP contribution in [0.25, 0.3) is 10.2 Å². The molecule has 1 aliphatic rings. The van der Waals surface area contributed by atoms with Crippen LogP contribution in [0.4, 0.5) is 0 Å². The molecule has 2 aromatic rings. The minimum Gasteiger partial charge on any atom is -0.393 e. The molecule has 1 N–H and O–H groups in total. The largest absolute Gasteiger partial charge is 0.393 e. The zero-order valence-corrected chi connectivity index (χ0v) is 13.5. The third kappa shape index (κ3) is 2.58. The summed E-state index contributed by atoms with van der Waals surface area (Å²) in [5.41, 5.74) is 1.05. The minimum atomic E-state index is -0.256. The number of piperidine rings is 1. The van der Waals surface area contributed by atoms with Gasteiger partial charge in [0.1, 0.15) is 4.83 Å². The number of likely N-dealkylation sites (tertiary alicyclic amines) is 1. The van der Waals surface area contributed by atoms with Gasteiger partial charge < -0.3 is 10.0 Å². The minimum absolute atomic E-state index is 0.0813. The van der Waals surface area contributed by atoms with E-state index in [9.17, 15) is 9.90 Å². The second-order valence-corrected chi connectivity index (χ2v) is 7.05. The number of fused-ring (bicyclic) bond motifs is 1. The van der Waals surface area contributed by atoms with Crippen molar-refractivity contribution in [1.82, 2.24) is 14.7 Å². The van der Waals surface area contributed by atoms with Gasteiger partial charge in [0.2, 0.25) is 0 Å². The van der Waals surface area contributed by atoms with Gasteiger partial charge in [-0.3, -0.25) is 9.48 Å². The van der Waals surface area contributed by atoms with Gasteiger partial charge in [0, 0.05) is 25.5 Å². The third-order valence-corrected chi connectivity index (χ3v) is 5.24.